The number of anilines is 1. The molecular weight excluding hydrogens is 228 g/mol. The van der Waals surface area contributed by atoms with Gasteiger partial charge >= 0.3 is 0 Å². The van der Waals surface area contributed by atoms with E-state index in [1.54, 1.807) is 0 Å². The molecule has 5 nitrogen and oxygen atoms in total. The molecule has 1 saturated heterocycles. The minimum atomic E-state index is 0.129. The molecule has 1 saturated carbocycles. The molecule has 0 unspecified atom stereocenters. The summed E-state index contributed by atoms with van der Waals surface area (Å²) >= 11 is 0. The molecule has 2 heterocycles. The van der Waals surface area contributed by atoms with Crippen LogP contribution in [-0.2, 0) is 4.74 Å². The predicted molar refractivity (Wildman–Crippen MR) is 69.5 cm³/mol. The van der Waals surface area contributed by atoms with E-state index < -0.39 is 0 Å². The van der Waals surface area contributed by atoms with Crippen molar-refractivity contribution in [1.82, 2.24) is 15.3 Å². The first-order valence-electron chi connectivity index (χ1n) is 6.82. The van der Waals surface area contributed by atoms with Crippen molar-refractivity contribution in [1.29, 1.82) is 0 Å². The number of nitrogens with zero attached hydrogens (tertiary/aromatic N) is 2. The van der Waals surface area contributed by atoms with Crippen LogP contribution in [0.4, 0.5) is 5.82 Å². The van der Waals surface area contributed by atoms with Gasteiger partial charge < -0.3 is 15.4 Å². The second-order valence-corrected chi connectivity index (χ2v) is 5.01. The third kappa shape index (κ3) is 2.79. The van der Waals surface area contributed by atoms with Gasteiger partial charge in [-0.2, -0.15) is 0 Å². The number of nitrogens with one attached hydrogen (secondary N) is 2. The normalized spacial score (nSPS) is 25.2. The second-order valence-electron chi connectivity index (χ2n) is 5.01. The Bertz CT molecular complexity index is 386. The summed E-state index contributed by atoms with van der Waals surface area (Å²) in [7, 11) is 0. The summed E-state index contributed by atoms with van der Waals surface area (Å²) in [5.74, 6) is 1.77. The lowest BCUT2D eigenvalue weighted by molar-refractivity contribution is 0.0742. The lowest BCUT2D eigenvalue weighted by Gasteiger charge is -2.23. The second kappa shape index (κ2) is 5.63. The van der Waals surface area contributed by atoms with Crippen molar-refractivity contribution in [3.63, 3.8) is 0 Å². The topological polar surface area (TPSA) is 59.1 Å². The Morgan fingerprint density at radius 3 is 3.00 bits per heavy atom. The predicted octanol–water partition coefficient (Wildman–Crippen LogP) is 1.49. The highest BCUT2D eigenvalue weighted by Crippen LogP contribution is 2.21. The fourth-order valence-corrected chi connectivity index (χ4v) is 2.63. The summed E-state index contributed by atoms with van der Waals surface area (Å²) in [6.45, 7) is 2.30. The maximum absolute atomic E-state index is 5.45. The quantitative estimate of drug-likeness (QED) is 0.848. The van der Waals surface area contributed by atoms with Gasteiger partial charge in [-0.1, -0.05) is 12.8 Å². The van der Waals surface area contributed by atoms with Crippen LogP contribution in [-0.4, -0.2) is 35.8 Å². The summed E-state index contributed by atoms with van der Waals surface area (Å²) in [4.78, 5) is 8.94. The molecule has 0 radical (unpaired) electrons. The molecule has 5 heteroatoms. The first kappa shape index (κ1) is 11.9. The molecule has 1 aliphatic carbocycles. The van der Waals surface area contributed by atoms with Crippen molar-refractivity contribution in [2.24, 2.45) is 0 Å². The summed E-state index contributed by atoms with van der Waals surface area (Å²) in [5.41, 5.74) is 0. The SMILES string of the molecule is c1cc(NC2CCCC2)nc([C@@H]2COCCN2)n1. The van der Waals surface area contributed by atoms with Crippen LogP contribution >= 0.6 is 0 Å². The molecule has 1 aliphatic heterocycles. The molecule has 0 spiro atoms. The summed E-state index contributed by atoms with van der Waals surface area (Å²) in [6.07, 6.45) is 6.99. The fourth-order valence-electron chi connectivity index (χ4n) is 2.63. The summed E-state index contributed by atoms with van der Waals surface area (Å²) < 4.78 is 5.45. The van der Waals surface area contributed by atoms with Gasteiger partial charge in [0.1, 0.15) is 11.6 Å². The maximum Gasteiger partial charge on any atom is 0.149 e. The third-order valence-electron chi connectivity index (χ3n) is 3.61. The van der Waals surface area contributed by atoms with Gasteiger partial charge in [-0.25, -0.2) is 9.97 Å². The largest absolute Gasteiger partial charge is 0.378 e. The molecule has 0 amide bonds. The molecule has 2 N–H and O–H groups in total. The zero-order valence-corrected chi connectivity index (χ0v) is 10.6. The van der Waals surface area contributed by atoms with Gasteiger partial charge in [-0.3, -0.25) is 0 Å². The van der Waals surface area contributed by atoms with E-state index in [0.717, 1.165) is 24.8 Å². The van der Waals surface area contributed by atoms with Crippen LogP contribution in [0.2, 0.25) is 0 Å². The van der Waals surface area contributed by atoms with Crippen LogP contribution in [0.1, 0.15) is 37.5 Å². The zero-order valence-electron chi connectivity index (χ0n) is 10.6. The van der Waals surface area contributed by atoms with Crippen molar-refractivity contribution in [3.05, 3.63) is 18.1 Å². The molecule has 1 aromatic heterocycles. The molecule has 0 aromatic carbocycles. The van der Waals surface area contributed by atoms with Crippen molar-refractivity contribution in [2.75, 3.05) is 25.1 Å². The number of morpholine rings is 1. The Morgan fingerprint density at radius 1 is 1.33 bits per heavy atom. The third-order valence-corrected chi connectivity index (χ3v) is 3.61. The van der Waals surface area contributed by atoms with Gasteiger partial charge in [0.2, 0.25) is 0 Å². The summed E-state index contributed by atoms with van der Waals surface area (Å²) in [6, 6.07) is 2.67. The van der Waals surface area contributed by atoms with Crippen molar-refractivity contribution >= 4 is 5.82 Å². The average molecular weight is 248 g/mol. The Morgan fingerprint density at radius 2 is 2.22 bits per heavy atom. The van der Waals surface area contributed by atoms with Gasteiger partial charge in [0.25, 0.3) is 0 Å². The highest BCUT2D eigenvalue weighted by molar-refractivity contribution is 5.35. The van der Waals surface area contributed by atoms with Crippen molar-refractivity contribution in [2.45, 2.75) is 37.8 Å². The van der Waals surface area contributed by atoms with Crippen LogP contribution in [0.5, 0.6) is 0 Å². The summed E-state index contributed by atoms with van der Waals surface area (Å²) in [5, 5.41) is 6.88. The minimum Gasteiger partial charge on any atom is -0.378 e. The first-order chi connectivity index (χ1) is 8.92. The van der Waals surface area contributed by atoms with E-state index in [1.165, 1.54) is 25.7 Å². The fraction of sp³-hybridized carbons (Fsp3) is 0.692. The minimum absolute atomic E-state index is 0.129. The van der Waals surface area contributed by atoms with Gasteiger partial charge in [0, 0.05) is 18.8 Å². The molecule has 1 atom stereocenters. The van der Waals surface area contributed by atoms with Gasteiger partial charge in [0.15, 0.2) is 0 Å². The highest BCUT2D eigenvalue weighted by Gasteiger charge is 2.19. The number of hydrogen-bond donors (Lipinski definition) is 2. The van der Waals surface area contributed by atoms with Crippen LogP contribution < -0.4 is 10.6 Å². The van der Waals surface area contributed by atoms with E-state index in [9.17, 15) is 0 Å². The molecule has 98 valence electrons. The van der Waals surface area contributed by atoms with Crippen LogP contribution in [0, 0.1) is 0 Å². The van der Waals surface area contributed by atoms with Crippen LogP contribution in [0.15, 0.2) is 12.3 Å². The monoisotopic (exact) mass is 248 g/mol. The lowest BCUT2D eigenvalue weighted by atomic mass is 10.2. The van der Waals surface area contributed by atoms with Crippen LogP contribution in [0.25, 0.3) is 0 Å². The first-order valence-corrected chi connectivity index (χ1v) is 6.82. The smallest absolute Gasteiger partial charge is 0.149 e. The number of rotatable bonds is 3. The van der Waals surface area contributed by atoms with Crippen molar-refractivity contribution < 1.29 is 4.74 Å². The Labute approximate surface area is 107 Å². The molecule has 18 heavy (non-hydrogen) atoms. The molecular formula is C13H20N4O. The number of ether oxygens (including phenoxy) is 1. The lowest BCUT2D eigenvalue weighted by Crippen LogP contribution is -2.35. The van der Waals surface area contributed by atoms with Crippen molar-refractivity contribution in [3.8, 4) is 0 Å². The van der Waals surface area contributed by atoms with E-state index in [0.29, 0.717) is 12.6 Å². The van der Waals surface area contributed by atoms with Gasteiger partial charge in [-0.15, -0.1) is 0 Å². The van der Waals surface area contributed by atoms with E-state index >= 15 is 0 Å². The van der Waals surface area contributed by atoms with Crippen LogP contribution in [0.3, 0.4) is 0 Å². The molecule has 3 rings (SSSR count). The van der Waals surface area contributed by atoms with E-state index in [1.807, 2.05) is 12.3 Å². The Kier molecular flexibility index (Phi) is 3.71. The zero-order chi connectivity index (χ0) is 12.2. The number of hydrogen-bond acceptors (Lipinski definition) is 5. The molecule has 0 bridgehead atoms. The average Bonchev–Trinajstić information content (AvgIpc) is 2.93. The molecule has 1 aromatic rings. The standard InChI is InChI=1S/C13H20N4O/c1-2-4-10(3-1)16-12-5-6-15-13(17-12)11-9-18-8-7-14-11/h5-6,10-11,14H,1-4,7-9H2,(H,15,16,17)/t11-/m0/s1. The van der Waals surface area contributed by atoms with E-state index in [2.05, 4.69) is 20.6 Å². The Hall–Kier alpha value is -1.20. The van der Waals surface area contributed by atoms with Gasteiger partial charge in [0.05, 0.1) is 19.3 Å². The highest BCUT2D eigenvalue weighted by atomic mass is 16.5. The van der Waals surface area contributed by atoms with Gasteiger partial charge in [-0.05, 0) is 18.9 Å². The maximum atomic E-state index is 5.45. The molecule has 2 aliphatic rings. The van der Waals surface area contributed by atoms with E-state index in [-0.39, 0.29) is 6.04 Å². The Balaban J connectivity index is 1.67. The molecule has 2 fully saturated rings. The number of aromatic nitrogens is 2. The van der Waals surface area contributed by atoms with E-state index in [4.69, 9.17) is 4.74 Å².